The van der Waals surface area contributed by atoms with Gasteiger partial charge >= 0.3 is 5.97 Å². The fourth-order valence-corrected chi connectivity index (χ4v) is 1.18. The molecule has 0 saturated carbocycles. The molecule has 0 aromatic heterocycles. The van der Waals surface area contributed by atoms with Gasteiger partial charge in [-0.15, -0.1) is 0 Å². The van der Waals surface area contributed by atoms with E-state index in [9.17, 15) is 4.79 Å². The van der Waals surface area contributed by atoms with Crippen LogP contribution in [-0.4, -0.2) is 25.1 Å². The van der Waals surface area contributed by atoms with E-state index in [1.54, 1.807) is 7.05 Å². The normalized spacial score (nSPS) is 17.1. The lowest BCUT2D eigenvalue weighted by Crippen LogP contribution is -2.56. The number of hydrazine groups is 1. The smallest absolute Gasteiger partial charge is 0.304 e. The first-order valence-corrected chi connectivity index (χ1v) is 5.09. The molecule has 0 rings (SSSR count). The molecule has 0 bridgehead atoms. The van der Waals surface area contributed by atoms with E-state index in [0.29, 0.717) is 0 Å². The van der Waals surface area contributed by atoms with Gasteiger partial charge in [0.2, 0.25) is 0 Å². The molecule has 0 fully saturated rings. The Hall–Kier alpha value is -1.10. The van der Waals surface area contributed by atoms with Gasteiger partial charge in [-0.25, -0.2) is 0 Å². The van der Waals surface area contributed by atoms with Gasteiger partial charge in [-0.3, -0.25) is 9.79 Å². The molecule has 2 N–H and O–H groups in total. The van der Waals surface area contributed by atoms with Crippen LogP contribution in [0, 0.1) is 5.92 Å². The average Bonchev–Trinajstić information content (AvgIpc) is 2.15. The fraction of sp³-hybridized carbons (Fsp3) is 0.800. The van der Waals surface area contributed by atoms with E-state index in [-0.39, 0.29) is 11.9 Å². The summed E-state index contributed by atoms with van der Waals surface area (Å²) in [6.45, 7) is 7.29. The van der Waals surface area contributed by atoms with Gasteiger partial charge in [0.1, 0.15) is 0 Å². The van der Waals surface area contributed by atoms with Gasteiger partial charge in [0.25, 0.3) is 0 Å². The van der Waals surface area contributed by atoms with Crippen LogP contribution in [0.3, 0.4) is 0 Å². The van der Waals surface area contributed by atoms with Crippen LogP contribution in [-0.2, 0) is 9.53 Å². The summed E-state index contributed by atoms with van der Waals surface area (Å²) in [6, 6.07) is 0. The monoisotopic (exact) mass is 215 g/mol. The first-order chi connectivity index (χ1) is 6.96. The topological polar surface area (TPSA) is 62.7 Å². The van der Waals surface area contributed by atoms with Crippen molar-refractivity contribution in [2.24, 2.45) is 10.9 Å². The zero-order valence-corrected chi connectivity index (χ0v) is 10.1. The first-order valence-electron chi connectivity index (χ1n) is 5.09. The van der Waals surface area contributed by atoms with Gasteiger partial charge in [0.15, 0.2) is 5.72 Å². The molecule has 2 atom stereocenters. The minimum absolute atomic E-state index is 0.194. The molecule has 0 amide bonds. The highest BCUT2D eigenvalue weighted by atomic mass is 16.6. The van der Waals surface area contributed by atoms with Crippen molar-refractivity contribution in [3.05, 3.63) is 0 Å². The Bertz CT molecular complexity index is 231. The van der Waals surface area contributed by atoms with E-state index in [2.05, 4.69) is 15.8 Å². The molecular weight excluding hydrogens is 194 g/mol. The van der Waals surface area contributed by atoms with Crippen molar-refractivity contribution < 1.29 is 9.53 Å². The largest absolute Gasteiger partial charge is 0.442 e. The summed E-state index contributed by atoms with van der Waals surface area (Å²) in [5.74, 6) is -0.111. The molecule has 5 heteroatoms. The van der Waals surface area contributed by atoms with Crippen molar-refractivity contribution in [2.45, 2.75) is 39.8 Å². The van der Waals surface area contributed by atoms with E-state index < -0.39 is 5.72 Å². The molecule has 0 heterocycles. The molecule has 0 radical (unpaired) electrons. The number of carbonyl (C=O) groups excluding carboxylic acids is 1. The summed E-state index contributed by atoms with van der Waals surface area (Å²) < 4.78 is 5.26. The highest BCUT2D eigenvalue weighted by Gasteiger charge is 2.32. The number of esters is 1. The van der Waals surface area contributed by atoms with E-state index >= 15 is 0 Å². The maximum Gasteiger partial charge on any atom is 0.304 e. The van der Waals surface area contributed by atoms with Gasteiger partial charge in [-0.05, 0) is 13.3 Å². The molecule has 0 aliphatic rings. The number of rotatable bonds is 6. The fourth-order valence-electron chi connectivity index (χ4n) is 1.18. The predicted molar refractivity (Wildman–Crippen MR) is 60.3 cm³/mol. The third-order valence-corrected chi connectivity index (χ3v) is 2.42. The number of aliphatic imine (C=N–C) groups is 1. The Morgan fingerprint density at radius 1 is 1.67 bits per heavy atom. The predicted octanol–water partition coefficient (Wildman–Crippen LogP) is 1.06. The van der Waals surface area contributed by atoms with Gasteiger partial charge in [0.05, 0.1) is 6.34 Å². The van der Waals surface area contributed by atoms with E-state index in [0.717, 1.165) is 6.42 Å². The Morgan fingerprint density at radius 3 is 2.67 bits per heavy atom. The van der Waals surface area contributed by atoms with Crippen molar-refractivity contribution in [1.82, 2.24) is 10.9 Å². The number of nitrogens with zero attached hydrogens (tertiary/aromatic N) is 1. The highest BCUT2D eigenvalue weighted by molar-refractivity contribution is 5.66. The van der Waals surface area contributed by atoms with Crippen molar-refractivity contribution in [3.8, 4) is 0 Å². The van der Waals surface area contributed by atoms with Gasteiger partial charge in [-0.1, -0.05) is 13.8 Å². The third-order valence-electron chi connectivity index (χ3n) is 2.42. The van der Waals surface area contributed by atoms with E-state index in [1.165, 1.54) is 13.3 Å². The standard InChI is InChI=1S/C10H21N3O2/c1-6-8(2)10(4,15-9(3)14)13-12-7-11-5/h7-8,13H,6H2,1-5H3,(H,11,12)/t8?,10-/m1/s1. The maximum absolute atomic E-state index is 11.0. The van der Waals surface area contributed by atoms with Crippen LogP contribution < -0.4 is 10.9 Å². The van der Waals surface area contributed by atoms with Crippen LogP contribution >= 0.6 is 0 Å². The van der Waals surface area contributed by atoms with Crippen LogP contribution in [0.25, 0.3) is 0 Å². The minimum Gasteiger partial charge on any atom is -0.442 e. The van der Waals surface area contributed by atoms with Crippen molar-refractivity contribution in [3.63, 3.8) is 0 Å². The molecule has 15 heavy (non-hydrogen) atoms. The second kappa shape index (κ2) is 6.40. The first kappa shape index (κ1) is 13.9. The van der Waals surface area contributed by atoms with Crippen LogP contribution in [0.2, 0.25) is 0 Å². The average molecular weight is 215 g/mol. The lowest BCUT2D eigenvalue weighted by atomic mass is 9.97. The van der Waals surface area contributed by atoms with E-state index in [1.807, 2.05) is 20.8 Å². The molecule has 0 aliphatic heterocycles. The van der Waals surface area contributed by atoms with E-state index in [4.69, 9.17) is 4.74 Å². The number of ether oxygens (including phenoxy) is 1. The molecule has 0 spiro atoms. The Labute approximate surface area is 91.3 Å². The zero-order chi connectivity index (χ0) is 11.9. The van der Waals surface area contributed by atoms with Crippen molar-refractivity contribution in [1.29, 1.82) is 0 Å². The molecular formula is C10H21N3O2. The number of hydrogen-bond acceptors (Lipinski definition) is 4. The maximum atomic E-state index is 11.0. The second-order valence-electron chi connectivity index (χ2n) is 3.67. The number of hydrogen-bond donors (Lipinski definition) is 2. The zero-order valence-electron chi connectivity index (χ0n) is 10.1. The quantitative estimate of drug-likeness (QED) is 0.229. The van der Waals surface area contributed by atoms with Crippen LogP contribution in [0.1, 0.15) is 34.1 Å². The lowest BCUT2D eigenvalue weighted by Gasteiger charge is -2.34. The molecule has 5 nitrogen and oxygen atoms in total. The van der Waals surface area contributed by atoms with Crippen LogP contribution in [0.4, 0.5) is 0 Å². The Kier molecular flexibility index (Phi) is 5.93. The van der Waals surface area contributed by atoms with Crippen LogP contribution in [0.5, 0.6) is 0 Å². The summed E-state index contributed by atoms with van der Waals surface area (Å²) in [5.41, 5.74) is 4.99. The third kappa shape index (κ3) is 4.78. The van der Waals surface area contributed by atoms with Gasteiger partial charge in [-0.2, -0.15) is 5.43 Å². The molecule has 0 aromatic carbocycles. The molecule has 88 valence electrons. The van der Waals surface area contributed by atoms with Crippen molar-refractivity contribution in [2.75, 3.05) is 7.05 Å². The summed E-state index contributed by atoms with van der Waals surface area (Å²) in [7, 11) is 1.65. The molecule has 0 aliphatic carbocycles. The SMILES string of the molecule is CCC(C)[C@](C)(NNC=NC)OC(C)=O. The Balaban J connectivity index is 4.46. The highest BCUT2D eigenvalue weighted by Crippen LogP contribution is 2.20. The van der Waals surface area contributed by atoms with Crippen molar-refractivity contribution >= 4 is 12.3 Å². The number of nitrogens with one attached hydrogen (secondary N) is 2. The Morgan fingerprint density at radius 2 is 2.27 bits per heavy atom. The molecule has 0 saturated heterocycles. The van der Waals surface area contributed by atoms with Gasteiger partial charge < -0.3 is 10.2 Å². The second-order valence-corrected chi connectivity index (χ2v) is 3.67. The summed E-state index contributed by atoms with van der Waals surface area (Å²) in [5, 5.41) is 0. The lowest BCUT2D eigenvalue weighted by molar-refractivity contribution is -0.166. The summed E-state index contributed by atoms with van der Waals surface area (Å²) in [4.78, 5) is 14.8. The number of carbonyl (C=O) groups is 1. The molecule has 0 aromatic rings. The van der Waals surface area contributed by atoms with Gasteiger partial charge in [0, 0.05) is 19.9 Å². The molecule has 1 unspecified atom stereocenters. The minimum atomic E-state index is -0.720. The summed E-state index contributed by atoms with van der Waals surface area (Å²) >= 11 is 0. The summed E-state index contributed by atoms with van der Waals surface area (Å²) in [6.07, 6.45) is 2.41. The van der Waals surface area contributed by atoms with Crippen LogP contribution in [0.15, 0.2) is 4.99 Å².